The van der Waals surface area contributed by atoms with Gasteiger partial charge in [0.1, 0.15) is 19.8 Å². The van der Waals surface area contributed by atoms with Gasteiger partial charge < -0.3 is 9.47 Å². The normalized spacial score (nSPS) is 9.11. The van der Waals surface area contributed by atoms with Gasteiger partial charge >= 0.3 is 5.97 Å². The molecule has 0 unspecified atom stereocenters. The Balaban J connectivity index is 3.06. The maximum absolute atomic E-state index is 10.3. The number of rotatable bonds is 4. The minimum absolute atomic E-state index is 0.0673. The summed E-state index contributed by atoms with van der Waals surface area (Å²) in [6.07, 6.45) is 0. The molecule has 4 heteroatoms. The quantitative estimate of drug-likeness (QED) is 0.490. The average Bonchev–Trinajstić information content (AvgIpc) is 1.85. The summed E-state index contributed by atoms with van der Waals surface area (Å²) in [5.74, 6) is -0.492. The summed E-state index contributed by atoms with van der Waals surface area (Å²) >= 11 is 0. The van der Waals surface area contributed by atoms with Crippen molar-refractivity contribution in [1.29, 1.82) is 0 Å². The molecule has 0 fully saturated rings. The maximum atomic E-state index is 10.3. The van der Waals surface area contributed by atoms with E-state index >= 15 is 0 Å². The highest BCUT2D eigenvalue weighted by Gasteiger charge is 1.98. The third kappa shape index (κ3) is 5.26. The number of esters is 1. The molecule has 0 aliphatic rings. The number of carbonyl (C=O) groups is 1. The van der Waals surface area contributed by atoms with Crippen molar-refractivity contribution in [3.63, 3.8) is 0 Å². The van der Waals surface area contributed by atoms with E-state index in [1.54, 1.807) is 0 Å². The minimum atomic E-state index is -0.492. The van der Waals surface area contributed by atoms with Crippen LogP contribution in [0.4, 0.5) is 0 Å². The van der Waals surface area contributed by atoms with Gasteiger partial charge in [-0.25, -0.2) is 9.90 Å². The Morgan fingerprint density at radius 2 is 2.22 bits per heavy atom. The van der Waals surface area contributed by atoms with E-state index in [0.29, 0.717) is 0 Å². The summed E-state index contributed by atoms with van der Waals surface area (Å²) in [4.78, 5) is 10.3. The van der Waals surface area contributed by atoms with Gasteiger partial charge in [0.05, 0.1) is 0 Å². The number of hydrogen-bond acceptors (Lipinski definition) is 3. The number of methoxy groups -OCH3 is 1. The van der Waals surface area contributed by atoms with Gasteiger partial charge in [-0.3, -0.25) is 0 Å². The lowest BCUT2D eigenvalue weighted by Crippen LogP contribution is -2.12. The molecule has 0 bridgehead atoms. The highest BCUT2D eigenvalue weighted by Crippen LogP contribution is 1.77. The molecule has 0 aromatic carbocycles. The van der Waals surface area contributed by atoms with Crippen LogP contribution in [0.25, 0.3) is 0 Å². The minimum Gasteiger partial charge on any atom is -0.461 e. The van der Waals surface area contributed by atoms with E-state index in [4.69, 9.17) is 0 Å². The first-order valence-corrected chi connectivity index (χ1v) is 2.54. The van der Waals surface area contributed by atoms with Crippen molar-refractivity contribution < 1.29 is 19.4 Å². The highest BCUT2D eigenvalue weighted by molar-refractivity contribution is 5.70. The van der Waals surface area contributed by atoms with Crippen LogP contribution in [-0.2, 0) is 19.4 Å². The zero-order valence-corrected chi connectivity index (χ0v) is 5.25. The van der Waals surface area contributed by atoms with E-state index in [-0.39, 0.29) is 13.2 Å². The van der Waals surface area contributed by atoms with Crippen LogP contribution in [0.2, 0.25) is 0 Å². The van der Waals surface area contributed by atoms with Crippen molar-refractivity contribution in [2.75, 3.05) is 26.9 Å². The fourth-order valence-corrected chi connectivity index (χ4v) is 0.315. The molecular weight excluding hydrogens is 124 g/mol. The van der Waals surface area contributed by atoms with Crippen molar-refractivity contribution in [3.8, 4) is 0 Å². The van der Waals surface area contributed by atoms with Gasteiger partial charge in [0, 0.05) is 7.11 Å². The van der Waals surface area contributed by atoms with Crippen LogP contribution in [0.1, 0.15) is 0 Å². The Morgan fingerprint density at radius 3 is 2.67 bits per heavy atom. The van der Waals surface area contributed by atoms with Crippen molar-refractivity contribution in [2.24, 2.45) is 0 Å². The molecule has 0 atom stereocenters. The molecule has 0 aromatic rings. The molecule has 0 spiro atoms. The fraction of sp³-hybridized carbons (Fsp3) is 0.800. The van der Waals surface area contributed by atoms with Crippen molar-refractivity contribution in [2.45, 2.75) is 0 Å². The third-order valence-corrected chi connectivity index (χ3v) is 0.609. The van der Waals surface area contributed by atoms with Crippen molar-refractivity contribution >= 4 is 5.97 Å². The van der Waals surface area contributed by atoms with Gasteiger partial charge in [-0.1, -0.05) is 0 Å². The molecule has 0 aliphatic heterocycles. The van der Waals surface area contributed by atoms with E-state index in [2.05, 4.69) is 9.47 Å². The third-order valence-electron chi connectivity index (χ3n) is 0.609. The summed E-state index contributed by atoms with van der Waals surface area (Å²) in [5, 5.41) is 9.72. The summed E-state index contributed by atoms with van der Waals surface area (Å²) in [6, 6.07) is 0. The van der Waals surface area contributed by atoms with Gasteiger partial charge in [-0.15, -0.1) is 0 Å². The zero-order valence-electron chi connectivity index (χ0n) is 5.25. The second-order valence-electron chi connectivity index (χ2n) is 1.36. The highest BCUT2D eigenvalue weighted by atomic mass is 16.6. The first-order valence-electron chi connectivity index (χ1n) is 2.54. The first-order chi connectivity index (χ1) is 4.31. The Morgan fingerprint density at radius 1 is 1.56 bits per heavy atom. The lowest BCUT2D eigenvalue weighted by Gasteiger charge is -1.98. The van der Waals surface area contributed by atoms with Gasteiger partial charge in [0.2, 0.25) is 0 Å². The lowest BCUT2D eigenvalue weighted by molar-refractivity contribution is -0.149. The van der Waals surface area contributed by atoms with Crippen LogP contribution in [0.15, 0.2) is 0 Å². The zero-order chi connectivity index (χ0) is 7.11. The van der Waals surface area contributed by atoms with E-state index in [1.807, 2.05) is 0 Å². The van der Waals surface area contributed by atoms with E-state index in [0.717, 1.165) is 0 Å². The van der Waals surface area contributed by atoms with Crippen LogP contribution in [0.3, 0.4) is 0 Å². The fourth-order valence-electron chi connectivity index (χ4n) is 0.315. The number of hydrogen-bond donors (Lipinski definition) is 0. The Hall–Kier alpha value is -0.610. The van der Waals surface area contributed by atoms with Crippen LogP contribution in [-0.4, -0.2) is 32.9 Å². The van der Waals surface area contributed by atoms with Crippen LogP contribution in [0.5, 0.6) is 0 Å². The van der Waals surface area contributed by atoms with Crippen molar-refractivity contribution in [3.05, 3.63) is 0 Å². The largest absolute Gasteiger partial charge is 0.461 e. The Labute approximate surface area is 53.4 Å². The molecule has 0 aromatic heterocycles. The van der Waals surface area contributed by atoms with Crippen LogP contribution in [0, 0.1) is 0 Å². The predicted molar refractivity (Wildman–Crippen MR) is 28.4 cm³/mol. The SMILES string of the molecule is COCC(=O)OCC[O]. The van der Waals surface area contributed by atoms with Gasteiger partial charge in [-0.2, -0.15) is 0 Å². The average molecular weight is 133 g/mol. The molecule has 0 heterocycles. The molecule has 53 valence electrons. The molecular formula is C5H9O4. The molecule has 0 aliphatic carbocycles. The second-order valence-corrected chi connectivity index (χ2v) is 1.36. The smallest absolute Gasteiger partial charge is 0.332 e. The predicted octanol–water partition coefficient (Wildman–Crippen LogP) is -0.393. The van der Waals surface area contributed by atoms with E-state index in [9.17, 15) is 9.90 Å². The second kappa shape index (κ2) is 5.53. The number of ether oxygens (including phenoxy) is 2. The Kier molecular flexibility index (Phi) is 5.15. The summed E-state index contributed by atoms with van der Waals surface area (Å²) in [6.45, 7) is -0.544. The molecule has 9 heavy (non-hydrogen) atoms. The van der Waals surface area contributed by atoms with E-state index < -0.39 is 12.6 Å². The number of carbonyl (C=O) groups excluding carboxylic acids is 1. The molecule has 0 saturated carbocycles. The molecule has 4 nitrogen and oxygen atoms in total. The topological polar surface area (TPSA) is 55.4 Å². The molecule has 1 radical (unpaired) electrons. The molecule has 0 amide bonds. The van der Waals surface area contributed by atoms with Crippen molar-refractivity contribution in [1.82, 2.24) is 0 Å². The first kappa shape index (κ1) is 8.39. The molecule has 0 rings (SSSR count). The standard InChI is InChI=1S/C5H9O4/c1-8-4-5(7)9-3-2-6/h2-4H2,1H3. The molecule has 0 N–H and O–H groups in total. The summed E-state index contributed by atoms with van der Waals surface area (Å²) in [7, 11) is 1.39. The molecule has 0 saturated heterocycles. The van der Waals surface area contributed by atoms with Gasteiger partial charge in [0.25, 0.3) is 0 Å². The van der Waals surface area contributed by atoms with Gasteiger partial charge in [-0.05, 0) is 0 Å². The Bertz CT molecular complexity index is 81.0. The van der Waals surface area contributed by atoms with Crippen LogP contribution >= 0.6 is 0 Å². The van der Waals surface area contributed by atoms with E-state index in [1.165, 1.54) is 7.11 Å². The van der Waals surface area contributed by atoms with Crippen LogP contribution < -0.4 is 0 Å². The monoisotopic (exact) mass is 133 g/mol. The lowest BCUT2D eigenvalue weighted by atomic mass is 10.7. The summed E-state index contributed by atoms with van der Waals surface area (Å²) in [5.41, 5.74) is 0. The van der Waals surface area contributed by atoms with Gasteiger partial charge in [0.15, 0.2) is 0 Å². The summed E-state index contributed by atoms with van der Waals surface area (Å²) < 4.78 is 8.78. The maximum Gasteiger partial charge on any atom is 0.332 e.